The summed E-state index contributed by atoms with van der Waals surface area (Å²) < 4.78 is 1.78. The predicted molar refractivity (Wildman–Crippen MR) is 80.8 cm³/mol. The molecular formula is C15H16N6. The largest absolute Gasteiger partial charge is 0.364 e. The minimum Gasteiger partial charge on any atom is -0.364 e. The molecule has 1 aliphatic rings. The Labute approximate surface area is 122 Å². The minimum absolute atomic E-state index is 0.161. The van der Waals surface area contributed by atoms with Crippen LogP contribution in [0, 0.1) is 0 Å². The summed E-state index contributed by atoms with van der Waals surface area (Å²) >= 11 is 0. The lowest BCUT2D eigenvalue weighted by molar-refractivity contribution is 0.769. The molecule has 0 aromatic carbocycles. The third kappa shape index (κ3) is 2.12. The molecule has 0 spiro atoms. The van der Waals surface area contributed by atoms with Crippen LogP contribution in [0.5, 0.6) is 0 Å². The van der Waals surface area contributed by atoms with Gasteiger partial charge < -0.3 is 5.32 Å². The van der Waals surface area contributed by atoms with Crippen molar-refractivity contribution in [3.63, 3.8) is 0 Å². The number of nitrogens with one attached hydrogen (secondary N) is 1. The van der Waals surface area contributed by atoms with Crippen LogP contribution in [-0.2, 0) is 7.05 Å². The Morgan fingerprint density at radius 1 is 1.19 bits per heavy atom. The van der Waals surface area contributed by atoms with Gasteiger partial charge in [0.05, 0.1) is 11.7 Å². The molecule has 0 bridgehead atoms. The molecule has 6 heteroatoms. The SMILES string of the molecule is Cn1nccc1-c1nc(NC2(C)CC2)c2ccncc2n1. The normalized spacial score (nSPS) is 16.1. The first-order valence-corrected chi connectivity index (χ1v) is 7.03. The zero-order valence-corrected chi connectivity index (χ0v) is 12.0. The van der Waals surface area contributed by atoms with Gasteiger partial charge in [-0.05, 0) is 31.9 Å². The van der Waals surface area contributed by atoms with Gasteiger partial charge in [0.2, 0.25) is 0 Å². The summed E-state index contributed by atoms with van der Waals surface area (Å²) in [5, 5.41) is 8.74. The van der Waals surface area contributed by atoms with Crippen molar-refractivity contribution >= 4 is 16.7 Å². The standard InChI is InChI=1S/C15H16N6/c1-15(5-6-15)20-13-10-3-7-16-9-11(10)18-14(19-13)12-4-8-17-21(12)2/h3-4,7-9H,5-6H2,1-2H3,(H,18,19,20). The van der Waals surface area contributed by atoms with Crippen LogP contribution < -0.4 is 5.32 Å². The van der Waals surface area contributed by atoms with Crippen molar-refractivity contribution in [1.29, 1.82) is 0 Å². The monoisotopic (exact) mass is 280 g/mol. The smallest absolute Gasteiger partial charge is 0.180 e. The topological polar surface area (TPSA) is 68.5 Å². The lowest BCUT2D eigenvalue weighted by Gasteiger charge is -2.15. The van der Waals surface area contributed by atoms with Crippen molar-refractivity contribution < 1.29 is 0 Å². The fourth-order valence-corrected chi connectivity index (χ4v) is 2.38. The highest BCUT2D eigenvalue weighted by Gasteiger charge is 2.38. The van der Waals surface area contributed by atoms with Gasteiger partial charge in [0.25, 0.3) is 0 Å². The first kappa shape index (κ1) is 12.3. The van der Waals surface area contributed by atoms with E-state index in [0.717, 1.165) is 22.4 Å². The molecule has 4 rings (SSSR count). The fraction of sp³-hybridized carbons (Fsp3) is 0.333. The predicted octanol–water partition coefficient (Wildman–Crippen LogP) is 2.39. The van der Waals surface area contributed by atoms with Crippen LogP contribution in [-0.4, -0.2) is 30.3 Å². The highest BCUT2D eigenvalue weighted by Crippen LogP contribution is 2.39. The van der Waals surface area contributed by atoms with Gasteiger partial charge in [0.15, 0.2) is 5.82 Å². The third-order valence-corrected chi connectivity index (χ3v) is 3.97. The average Bonchev–Trinajstić information content (AvgIpc) is 3.04. The molecule has 3 aromatic rings. The van der Waals surface area contributed by atoms with E-state index >= 15 is 0 Å². The Bertz CT molecular complexity index is 818. The van der Waals surface area contributed by atoms with Crippen molar-refractivity contribution in [2.24, 2.45) is 7.05 Å². The number of hydrogen-bond donors (Lipinski definition) is 1. The summed E-state index contributed by atoms with van der Waals surface area (Å²) in [4.78, 5) is 13.5. The van der Waals surface area contributed by atoms with Crippen molar-refractivity contribution in [3.05, 3.63) is 30.7 Å². The summed E-state index contributed by atoms with van der Waals surface area (Å²) in [5.74, 6) is 1.54. The van der Waals surface area contributed by atoms with E-state index in [1.165, 1.54) is 12.8 Å². The molecule has 1 fully saturated rings. The van der Waals surface area contributed by atoms with E-state index < -0.39 is 0 Å². The molecule has 0 unspecified atom stereocenters. The van der Waals surface area contributed by atoms with Crippen LogP contribution in [0.1, 0.15) is 19.8 Å². The van der Waals surface area contributed by atoms with Gasteiger partial charge in [0.1, 0.15) is 11.5 Å². The third-order valence-electron chi connectivity index (χ3n) is 3.97. The number of anilines is 1. The first-order valence-electron chi connectivity index (χ1n) is 7.03. The van der Waals surface area contributed by atoms with E-state index in [-0.39, 0.29) is 5.54 Å². The maximum Gasteiger partial charge on any atom is 0.180 e. The lowest BCUT2D eigenvalue weighted by Crippen LogP contribution is -2.17. The van der Waals surface area contributed by atoms with Crippen LogP contribution in [0.4, 0.5) is 5.82 Å². The van der Waals surface area contributed by atoms with Gasteiger partial charge in [-0.1, -0.05) is 0 Å². The molecular weight excluding hydrogens is 264 g/mol. The molecule has 3 aromatic heterocycles. The van der Waals surface area contributed by atoms with E-state index in [4.69, 9.17) is 4.98 Å². The summed E-state index contributed by atoms with van der Waals surface area (Å²) in [6.45, 7) is 2.21. The van der Waals surface area contributed by atoms with Crippen LogP contribution in [0.25, 0.3) is 22.4 Å². The van der Waals surface area contributed by atoms with Gasteiger partial charge in [0, 0.05) is 30.4 Å². The zero-order valence-electron chi connectivity index (χ0n) is 12.0. The number of rotatable bonds is 3. The fourth-order valence-electron chi connectivity index (χ4n) is 2.38. The quantitative estimate of drug-likeness (QED) is 0.797. The van der Waals surface area contributed by atoms with Gasteiger partial charge in [-0.15, -0.1) is 0 Å². The molecule has 6 nitrogen and oxygen atoms in total. The zero-order chi connectivity index (χ0) is 14.4. The summed E-state index contributed by atoms with van der Waals surface area (Å²) in [5.41, 5.74) is 1.90. The van der Waals surface area contributed by atoms with Gasteiger partial charge >= 0.3 is 0 Å². The maximum absolute atomic E-state index is 4.72. The van der Waals surface area contributed by atoms with Crippen LogP contribution in [0.3, 0.4) is 0 Å². The Morgan fingerprint density at radius 3 is 2.76 bits per heavy atom. The number of hydrogen-bond acceptors (Lipinski definition) is 5. The lowest BCUT2D eigenvalue weighted by atomic mass is 10.2. The van der Waals surface area contributed by atoms with E-state index in [1.54, 1.807) is 23.3 Å². The number of aromatic nitrogens is 5. The second-order valence-corrected chi connectivity index (χ2v) is 5.81. The van der Waals surface area contributed by atoms with Crippen LogP contribution in [0.15, 0.2) is 30.7 Å². The van der Waals surface area contributed by atoms with Crippen LogP contribution >= 0.6 is 0 Å². The summed E-state index contributed by atoms with van der Waals surface area (Å²) in [6.07, 6.45) is 7.64. The first-order chi connectivity index (χ1) is 10.1. The van der Waals surface area contributed by atoms with E-state index in [9.17, 15) is 0 Å². The van der Waals surface area contributed by atoms with Crippen molar-refractivity contribution in [3.8, 4) is 11.5 Å². The second-order valence-electron chi connectivity index (χ2n) is 5.81. The number of pyridine rings is 1. The van der Waals surface area contributed by atoms with Crippen molar-refractivity contribution in [1.82, 2.24) is 24.7 Å². The van der Waals surface area contributed by atoms with E-state index in [2.05, 4.69) is 27.3 Å². The molecule has 0 saturated heterocycles. The Balaban J connectivity index is 1.91. The molecule has 0 amide bonds. The molecule has 0 aliphatic heterocycles. The molecule has 21 heavy (non-hydrogen) atoms. The van der Waals surface area contributed by atoms with Gasteiger partial charge in [-0.2, -0.15) is 5.10 Å². The highest BCUT2D eigenvalue weighted by molar-refractivity contribution is 5.90. The average molecular weight is 280 g/mol. The van der Waals surface area contributed by atoms with Gasteiger partial charge in [-0.25, -0.2) is 9.97 Å². The number of fused-ring (bicyclic) bond motifs is 1. The molecule has 1 aliphatic carbocycles. The Morgan fingerprint density at radius 2 is 2.05 bits per heavy atom. The molecule has 0 atom stereocenters. The highest BCUT2D eigenvalue weighted by atomic mass is 15.3. The maximum atomic E-state index is 4.72. The molecule has 3 heterocycles. The van der Waals surface area contributed by atoms with Gasteiger partial charge in [-0.3, -0.25) is 9.67 Å². The molecule has 1 saturated carbocycles. The Kier molecular flexibility index (Phi) is 2.48. The van der Waals surface area contributed by atoms with Crippen molar-refractivity contribution in [2.75, 3.05) is 5.32 Å². The second kappa shape index (κ2) is 4.25. The van der Waals surface area contributed by atoms with E-state index in [0.29, 0.717) is 5.82 Å². The number of nitrogens with zero attached hydrogens (tertiary/aromatic N) is 5. The summed E-state index contributed by atoms with van der Waals surface area (Å²) in [7, 11) is 1.89. The molecule has 106 valence electrons. The molecule has 0 radical (unpaired) electrons. The Hall–Kier alpha value is -2.50. The number of aryl methyl sites for hydroxylation is 1. The van der Waals surface area contributed by atoms with Crippen LogP contribution in [0.2, 0.25) is 0 Å². The van der Waals surface area contributed by atoms with Crippen molar-refractivity contribution in [2.45, 2.75) is 25.3 Å². The minimum atomic E-state index is 0.161. The summed E-state index contributed by atoms with van der Waals surface area (Å²) in [6, 6.07) is 3.87. The molecule has 1 N–H and O–H groups in total. The van der Waals surface area contributed by atoms with E-state index in [1.807, 2.05) is 19.2 Å².